The van der Waals surface area contributed by atoms with Gasteiger partial charge in [-0.1, -0.05) is 37.8 Å². The minimum atomic E-state index is -4.84. The first-order chi connectivity index (χ1) is 16.6. The molecule has 35 heavy (non-hydrogen) atoms. The van der Waals surface area contributed by atoms with Gasteiger partial charge in [-0.25, -0.2) is 4.79 Å². The number of halogens is 3. The lowest BCUT2D eigenvalue weighted by molar-refractivity contribution is -0.274. The van der Waals surface area contributed by atoms with Crippen LogP contribution < -0.4 is 9.64 Å². The minimum Gasteiger partial charge on any atom is -0.406 e. The van der Waals surface area contributed by atoms with E-state index in [-0.39, 0.29) is 11.8 Å². The normalized spacial score (nSPS) is 20.9. The number of carbonyl (C=O) groups excluding carboxylic acids is 1. The van der Waals surface area contributed by atoms with E-state index in [4.69, 9.17) is 5.26 Å². The zero-order valence-corrected chi connectivity index (χ0v) is 19.7. The van der Waals surface area contributed by atoms with Crippen LogP contribution >= 0.6 is 0 Å². The van der Waals surface area contributed by atoms with E-state index in [0.29, 0.717) is 28.9 Å². The molecule has 1 aliphatic rings. The highest BCUT2D eigenvalue weighted by Gasteiger charge is 2.55. The van der Waals surface area contributed by atoms with Crippen LogP contribution in [0.25, 0.3) is 0 Å². The molecule has 0 unspecified atom stereocenters. The highest BCUT2D eigenvalue weighted by molar-refractivity contribution is 5.98. The Morgan fingerprint density at radius 2 is 1.94 bits per heavy atom. The maximum absolute atomic E-state index is 14.0. The SMILES string of the molecule is C=C/C=C(\C=C/C)N1C(=O)N(c2ccc(C#N)cc2)[C@](C)(CC)[C@H]1c1cccc(OC(F)(F)F)c1. The van der Waals surface area contributed by atoms with Crippen molar-refractivity contribution in [3.8, 4) is 11.8 Å². The van der Waals surface area contributed by atoms with Crippen LogP contribution in [0, 0.1) is 11.3 Å². The van der Waals surface area contributed by atoms with Crippen LogP contribution in [-0.4, -0.2) is 22.8 Å². The van der Waals surface area contributed by atoms with Crippen LogP contribution in [0.4, 0.5) is 23.7 Å². The van der Waals surface area contributed by atoms with Crippen molar-refractivity contribution in [2.75, 3.05) is 4.90 Å². The predicted octanol–water partition coefficient (Wildman–Crippen LogP) is 7.25. The molecule has 0 bridgehead atoms. The highest BCUT2D eigenvalue weighted by atomic mass is 19.4. The summed E-state index contributed by atoms with van der Waals surface area (Å²) < 4.78 is 43.0. The molecule has 0 saturated carbocycles. The molecule has 0 N–H and O–H groups in total. The topological polar surface area (TPSA) is 56.6 Å². The molecule has 2 amide bonds. The summed E-state index contributed by atoms with van der Waals surface area (Å²) in [4.78, 5) is 17.2. The number of alkyl halides is 3. The number of nitrogens with zero attached hydrogens (tertiary/aromatic N) is 3. The summed E-state index contributed by atoms with van der Waals surface area (Å²) in [5.41, 5.74) is 1.19. The molecular formula is C27H26F3N3O2. The number of amides is 2. The van der Waals surface area contributed by atoms with E-state index in [2.05, 4.69) is 17.4 Å². The third kappa shape index (κ3) is 5.09. The molecule has 0 radical (unpaired) electrons. The van der Waals surface area contributed by atoms with Gasteiger partial charge in [0.2, 0.25) is 0 Å². The van der Waals surface area contributed by atoms with Gasteiger partial charge in [0.05, 0.1) is 23.2 Å². The second-order valence-corrected chi connectivity index (χ2v) is 8.21. The lowest BCUT2D eigenvalue weighted by Crippen LogP contribution is -2.45. The van der Waals surface area contributed by atoms with E-state index in [0.717, 1.165) is 0 Å². The van der Waals surface area contributed by atoms with Crippen molar-refractivity contribution in [1.82, 2.24) is 4.90 Å². The maximum atomic E-state index is 14.0. The fraction of sp³-hybridized carbons (Fsp3) is 0.259. The van der Waals surface area contributed by atoms with Crippen molar-refractivity contribution in [1.29, 1.82) is 5.26 Å². The molecule has 3 rings (SSSR count). The number of benzene rings is 2. The standard InChI is InChI=1S/C27H26F3N3O2/c1-5-9-21(10-6-2)32-24(20-11-8-12-23(17-20)35-27(28,29)30)26(4,7-3)33(25(32)34)22-15-13-19(18-31)14-16-22/h5-6,8-17,24H,1,7H2,2-4H3/b10-6-,21-9+/t24-,26-/m1/s1. The summed E-state index contributed by atoms with van der Waals surface area (Å²) in [6, 6.07) is 13.4. The van der Waals surface area contributed by atoms with Crippen molar-refractivity contribution in [2.45, 2.75) is 45.1 Å². The van der Waals surface area contributed by atoms with Crippen molar-refractivity contribution in [3.63, 3.8) is 0 Å². The van der Waals surface area contributed by atoms with Gasteiger partial charge in [0, 0.05) is 11.4 Å². The van der Waals surface area contributed by atoms with Crippen LogP contribution in [-0.2, 0) is 0 Å². The number of urea groups is 1. The quantitative estimate of drug-likeness (QED) is 0.391. The van der Waals surface area contributed by atoms with Crippen LogP contribution in [0.5, 0.6) is 5.75 Å². The monoisotopic (exact) mass is 481 g/mol. The third-order valence-corrected chi connectivity index (χ3v) is 6.04. The summed E-state index contributed by atoms with van der Waals surface area (Å²) >= 11 is 0. The Balaban J connectivity index is 2.25. The van der Waals surface area contributed by atoms with E-state index in [1.807, 2.05) is 20.8 Å². The van der Waals surface area contributed by atoms with E-state index in [1.54, 1.807) is 64.4 Å². The Labute approximate surface area is 203 Å². The van der Waals surface area contributed by atoms with Gasteiger partial charge in [0.1, 0.15) is 5.75 Å². The number of ether oxygens (including phenoxy) is 1. The fourth-order valence-electron chi connectivity index (χ4n) is 4.44. The summed E-state index contributed by atoms with van der Waals surface area (Å²) in [5, 5.41) is 9.17. The lowest BCUT2D eigenvalue weighted by atomic mass is 9.83. The molecule has 0 aliphatic carbocycles. The van der Waals surface area contributed by atoms with Gasteiger partial charge in [-0.2, -0.15) is 5.26 Å². The van der Waals surface area contributed by atoms with Gasteiger partial charge >= 0.3 is 12.4 Å². The van der Waals surface area contributed by atoms with Crippen molar-refractivity contribution in [2.24, 2.45) is 0 Å². The van der Waals surface area contributed by atoms with Crippen LogP contribution in [0.15, 0.2) is 85.1 Å². The molecule has 1 fully saturated rings. The first-order valence-corrected chi connectivity index (χ1v) is 11.0. The molecule has 2 aromatic rings. The van der Waals surface area contributed by atoms with Gasteiger partial charge < -0.3 is 4.74 Å². The molecular weight excluding hydrogens is 455 g/mol. The first-order valence-electron chi connectivity index (χ1n) is 11.0. The van der Waals surface area contributed by atoms with Gasteiger partial charge in [-0.15, -0.1) is 13.2 Å². The zero-order valence-electron chi connectivity index (χ0n) is 19.7. The number of allylic oxidation sites excluding steroid dienone is 4. The molecule has 182 valence electrons. The molecule has 5 nitrogen and oxygen atoms in total. The summed E-state index contributed by atoms with van der Waals surface area (Å²) in [7, 11) is 0. The second-order valence-electron chi connectivity index (χ2n) is 8.21. The average molecular weight is 482 g/mol. The molecule has 0 aromatic heterocycles. The van der Waals surface area contributed by atoms with Crippen molar-refractivity contribution in [3.05, 3.63) is 96.2 Å². The third-order valence-electron chi connectivity index (χ3n) is 6.04. The lowest BCUT2D eigenvalue weighted by Gasteiger charge is -2.38. The number of rotatable bonds is 7. The van der Waals surface area contributed by atoms with E-state index in [1.165, 1.54) is 18.2 Å². The van der Waals surface area contributed by atoms with Crippen LogP contribution in [0.2, 0.25) is 0 Å². The Morgan fingerprint density at radius 1 is 1.26 bits per heavy atom. The van der Waals surface area contributed by atoms with Gasteiger partial charge in [0.15, 0.2) is 0 Å². The smallest absolute Gasteiger partial charge is 0.406 e. The zero-order chi connectivity index (χ0) is 25.8. The number of nitriles is 1. The molecule has 1 aliphatic heterocycles. The number of hydrogen-bond acceptors (Lipinski definition) is 3. The molecule has 0 spiro atoms. The molecule has 2 aromatic carbocycles. The van der Waals surface area contributed by atoms with Crippen LogP contribution in [0.3, 0.4) is 0 Å². The summed E-state index contributed by atoms with van der Waals surface area (Å²) in [6.07, 6.45) is 2.40. The number of carbonyl (C=O) groups is 1. The summed E-state index contributed by atoms with van der Waals surface area (Å²) in [6.45, 7) is 9.37. The number of hydrogen-bond donors (Lipinski definition) is 0. The molecule has 8 heteroatoms. The molecule has 2 atom stereocenters. The van der Waals surface area contributed by atoms with Crippen molar-refractivity contribution >= 4 is 11.7 Å². The van der Waals surface area contributed by atoms with Crippen LogP contribution in [0.1, 0.15) is 44.4 Å². The van der Waals surface area contributed by atoms with Gasteiger partial charge in [0.25, 0.3) is 0 Å². The van der Waals surface area contributed by atoms with E-state index in [9.17, 15) is 18.0 Å². The minimum absolute atomic E-state index is 0.350. The van der Waals surface area contributed by atoms with Crippen molar-refractivity contribution < 1.29 is 22.7 Å². The molecule has 1 saturated heterocycles. The fourth-order valence-corrected chi connectivity index (χ4v) is 4.44. The summed E-state index contributed by atoms with van der Waals surface area (Å²) in [5.74, 6) is -0.363. The highest BCUT2D eigenvalue weighted by Crippen LogP contribution is 2.50. The second kappa shape index (κ2) is 10.1. The Hall–Kier alpha value is -3.99. The Bertz CT molecular complexity index is 1200. The molecule has 1 heterocycles. The maximum Gasteiger partial charge on any atom is 0.573 e. The Kier molecular flexibility index (Phi) is 7.39. The predicted molar refractivity (Wildman–Crippen MR) is 129 cm³/mol. The van der Waals surface area contributed by atoms with E-state index >= 15 is 0 Å². The van der Waals surface area contributed by atoms with E-state index < -0.39 is 17.9 Å². The average Bonchev–Trinajstić information content (AvgIpc) is 3.05. The van der Waals surface area contributed by atoms with Gasteiger partial charge in [-0.05, 0) is 74.4 Å². The first kappa shape index (κ1) is 25.6. The Morgan fingerprint density at radius 3 is 2.49 bits per heavy atom. The number of anilines is 1. The van der Waals surface area contributed by atoms with Gasteiger partial charge in [-0.3, -0.25) is 9.80 Å². The largest absolute Gasteiger partial charge is 0.573 e.